The van der Waals surface area contributed by atoms with Crippen molar-refractivity contribution in [3.05, 3.63) is 30.0 Å². The predicted molar refractivity (Wildman–Crippen MR) is 68.0 cm³/mol. The Morgan fingerprint density at radius 1 is 1.28 bits per heavy atom. The topological polar surface area (TPSA) is 61.8 Å². The third-order valence-corrected chi connectivity index (χ3v) is 3.73. The van der Waals surface area contributed by atoms with E-state index >= 15 is 0 Å². The predicted octanol–water partition coefficient (Wildman–Crippen LogP) is 2.38. The SMILES string of the molecule is N#Cc1nn(C2CCCCC2O)c2ccccc12. The molecule has 1 saturated carbocycles. The van der Waals surface area contributed by atoms with Crippen molar-refractivity contribution in [2.75, 3.05) is 0 Å². The Morgan fingerprint density at radius 2 is 2.06 bits per heavy atom. The van der Waals surface area contributed by atoms with E-state index in [1.807, 2.05) is 28.9 Å². The molecule has 2 unspecified atom stereocenters. The van der Waals surface area contributed by atoms with Gasteiger partial charge in [0.25, 0.3) is 0 Å². The van der Waals surface area contributed by atoms with Crippen LogP contribution in [0.3, 0.4) is 0 Å². The van der Waals surface area contributed by atoms with Crippen LogP contribution in [0.25, 0.3) is 10.9 Å². The van der Waals surface area contributed by atoms with Crippen LogP contribution in [0.5, 0.6) is 0 Å². The van der Waals surface area contributed by atoms with Crippen LogP contribution < -0.4 is 0 Å². The van der Waals surface area contributed by atoms with Crippen LogP contribution in [0.2, 0.25) is 0 Å². The van der Waals surface area contributed by atoms with Gasteiger partial charge in [-0.2, -0.15) is 10.4 Å². The van der Waals surface area contributed by atoms with E-state index in [1.165, 1.54) is 0 Å². The van der Waals surface area contributed by atoms with E-state index in [0.29, 0.717) is 5.69 Å². The summed E-state index contributed by atoms with van der Waals surface area (Å²) in [5, 5.41) is 24.5. The number of nitriles is 1. The van der Waals surface area contributed by atoms with Gasteiger partial charge in [0, 0.05) is 5.39 Å². The van der Waals surface area contributed by atoms with Crippen molar-refractivity contribution < 1.29 is 5.11 Å². The number of aliphatic hydroxyl groups is 1. The lowest BCUT2D eigenvalue weighted by Crippen LogP contribution is -2.28. The van der Waals surface area contributed by atoms with Gasteiger partial charge in [0.2, 0.25) is 0 Å². The van der Waals surface area contributed by atoms with Crippen molar-refractivity contribution in [3.63, 3.8) is 0 Å². The van der Waals surface area contributed by atoms with Gasteiger partial charge in [-0.1, -0.05) is 25.0 Å². The first-order valence-electron chi connectivity index (χ1n) is 6.36. The first kappa shape index (κ1) is 11.2. The average molecular weight is 241 g/mol. The number of benzene rings is 1. The van der Waals surface area contributed by atoms with E-state index in [0.717, 1.165) is 36.6 Å². The lowest BCUT2D eigenvalue weighted by atomic mass is 9.92. The third kappa shape index (κ3) is 1.68. The Kier molecular flexibility index (Phi) is 2.77. The summed E-state index contributed by atoms with van der Waals surface area (Å²) in [6, 6.07) is 9.86. The minimum atomic E-state index is -0.353. The van der Waals surface area contributed by atoms with Crippen LogP contribution in [0.1, 0.15) is 37.4 Å². The molecule has 4 heteroatoms. The van der Waals surface area contributed by atoms with Gasteiger partial charge in [-0.15, -0.1) is 0 Å². The summed E-state index contributed by atoms with van der Waals surface area (Å²) in [6.45, 7) is 0. The van der Waals surface area contributed by atoms with Crippen LogP contribution in [-0.2, 0) is 0 Å². The maximum Gasteiger partial charge on any atom is 0.170 e. The molecule has 0 aliphatic heterocycles. The second kappa shape index (κ2) is 4.43. The van der Waals surface area contributed by atoms with Crippen LogP contribution in [0.4, 0.5) is 0 Å². The molecule has 92 valence electrons. The van der Waals surface area contributed by atoms with Crippen LogP contribution in [-0.4, -0.2) is 21.0 Å². The van der Waals surface area contributed by atoms with Crippen molar-refractivity contribution >= 4 is 10.9 Å². The first-order valence-corrected chi connectivity index (χ1v) is 6.36. The molecule has 0 saturated heterocycles. The highest BCUT2D eigenvalue weighted by Gasteiger charge is 2.27. The van der Waals surface area contributed by atoms with E-state index in [1.54, 1.807) is 0 Å². The molecule has 2 aromatic rings. The summed E-state index contributed by atoms with van der Waals surface area (Å²) < 4.78 is 1.84. The number of nitrogens with zero attached hydrogens (tertiary/aromatic N) is 3. The molecule has 1 fully saturated rings. The van der Waals surface area contributed by atoms with Gasteiger partial charge in [-0.3, -0.25) is 4.68 Å². The lowest BCUT2D eigenvalue weighted by molar-refractivity contribution is 0.0716. The average Bonchev–Trinajstić information content (AvgIpc) is 2.78. The van der Waals surface area contributed by atoms with Gasteiger partial charge in [0.05, 0.1) is 17.7 Å². The number of hydrogen-bond donors (Lipinski definition) is 1. The number of aromatic nitrogens is 2. The molecule has 0 bridgehead atoms. The van der Waals surface area contributed by atoms with Gasteiger partial charge in [-0.05, 0) is 25.0 Å². The zero-order chi connectivity index (χ0) is 12.5. The molecule has 0 radical (unpaired) electrons. The summed E-state index contributed by atoms with van der Waals surface area (Å²) in [5.41, 5.74) is 1.39. The normalized spacial score (nSPS) is 24.0. The van der Waals surface area contributed by atoms with Gasteiger partial charge in [0.1, 0.15) is 6.07 Å². The Balaban J connectivity index is 2.14. The minimum Gasteiger partial charge on any atom is -0.391 e. The Labute approximate surface area is 105 Å². The van der Waals surface area contributed by atoms with Crippen molar-refractivity contribution in [2.24, 2.45) is 0 Å². The lowest BCUT2D eigenvalue weighted by Gasteiger charge is -2.28. The molecule has 2 atom stereocenters. The van der Waals surface area contributed by atoms with Gasteiger partial charge >= 0.3 is 0 Å². The summed E-state index contributed by atoms with van der Waals surface area (Å²) in [6.07, 6.45) is 3.58. The molecule has 1 N–H and O–H groups in total. The van der Waals surface area contributed by atoms with Crippen LogP contribution in [0, 0.1) is 11.3 Å². The second-order valence-electron chi connectivity index (χ2n) is 4.84. The summed E-state index contributed by atoms with van der Waals surface area (Å²) in [4.78, 5) is 0. The molecule has 1 aromatic heterocycles. The molecule has 18 heavy (non-hydrogen) atoms. The van der Waals surface area contributed by atoms with Gasteiger partial charge < -0.3 is 5.11 Å². The summed E-state index contributed by atoms with van der Waals surface area (Å²) >= 11 is 0. The number of rotatable bonds is 1. The molecular formula is C14H15N3O. The van der Waals surface area contributed by atoms with Gasteiger partial charge in [0.15, 0.2) is 5.69 Å². The number of aliphatic hydroxyl groups excluding tert-OH is 1. The second-order valence-corrected chi connectivity index (χ2v) is 4.84. The fourth-order valence-corrected chi connectivity index (χ4v) is 2.80. The van der Waals surface area contributed by atoms with Gasteiger partial charge in [-0.25, -0.2) is 0 Å². The monoisotopic (exact) mass is 241 g/mol. The fraction of sp³-hybridized carbons (Fsp3) is 0.429. The zero-order valence-electron chi connectivity index (χ0n) is 10.1. The summed E-state index contributed by atoms with van der Waals surface area (Å²) in [7, 11) is 0. The quantitative estimate of drug-likeness (QED) is 0.833. The van der Waals surface area contributed by atoms with E-state index in [2.05, 4.69) is 11.2 Å². The van der Waals surface area contributed by atoms with E-state index in [-0.39, 0.29) is 12.1 Å². The molecule has 0 spiro atoms. The molecule has 1 aliphatic carbocycles. The standard InChI is InChI=1S/C14H15N3O/c15-9-11-10-5-1-2-6-12(10)17(16-11)13-7-3-4-8-14(13)18/h1-2,5-6,13-14,18H,3-4,7-8H2. The smallest absolute Gasteiger partial charge is 0.170 e. The Hall–Kier alpha value is -1.86. The Morgan fingerprint density at radius 3 is 2.83 bits per heavy atom. The van der Waals surface area contributed by atoms with Crippen molar-refractivity contribution in [1.82, 2.24) is 9.78 Å². The maximum atomic E-state index is 10.1. The minimum absolute atomic E-state index is 0.00532. The number of fused-ring (bicyclic) bond motifs is 1. The van der Waals surface area contributed by atoms with Crippen molar-refractivity contribution in [1.29, 1.82) is 5.26 Å². The molecule has 1 aromatic carbocycles. The highest BCUT2D eigenvalue weighted by Crippen LogP contribution is 2.31. The van der Waals surface area contributed by atoms with Crippen LogP contribution >= 0.6 is 0 Å². The van der Waals surface area contributed by atoms with Crippen molar-refractivity contribution in [3.8, 4) is 6.07 Å². The highest BCUT2D eigenvalue weighted by atomic mass is 16.3. The fourth-order valence-electron chi connectivity index (χ4n) is 2.80. The van der Waals surface area contributed by atoms with E-state index in [9.17, 15) is 5.11 Å². The maximum absolute atomic E-state index is 10.1. The largest absolute Gasteiger partial charge is 0.391 e. The molecule has 3 rings (SSSR count). The zero-order valence-corrected chi connectivity index (χ0v) is 10.1. The molecule has 1 aliphatic rings. The highest BCUT2D eigenvalue weighted by molar-refractivity contribution is 5.84. The van der Waals surface area contributed by atoms with E-state index in [4.69, 9.17) is 5.26 Å². The number of hydrogen-bond acceptors (Lipinski definition) is 3. The molecule has 0 amide bonds. The molecule has 4 nitrogen and oxygen atoms in total. The summed E-state index contributed by atoms with van der Waals surface area (Å²) in [5.74, 6) is 0. The molecule has 1 heterocycles. The third-order valence-electron chi connectivity index (χ3n) is 3.73. The van der Waals surface area contributed by atoms with Crippen molar-refractivity contribution in [2.45, 2.75) is 37.8 Å². The number of para-hydroxylation sites is 1. The van der Waals surface area contributed by atoms with Crippen LogP contribution in [0.15, 0.2) is 24.3 Å². The Bertz CT molecular complexity index is 611. The van der Waals surface area contributed by atoms with E-state index < -0.39 is 0 Å². The molecular weight excluding hydrogens is 226 g/mol. The first-order chi connectivity index (χ1) is 8.81.